The summed E-state index contributed by atoms with van der Waals surface area (Å²) in [6.45, 7) is 3.11. The molecule has 3 heteroatoms. The van der Waals surface area contributed by atoms with Crippen molar-refractivity contribution in [1.82, 2.24) is 0 Å². The lowest BCUT2D eigenvalue weighted by Gasteiger charge is -2.22. The predicted octanol–water partition coefficient (Wildman–Crippen LogP) is 5.38. The van der Waals surface area contributed by atoms with E-state index in [1.807, 2.05) is 36.4 Å². The van der Waals surface area contributed by atoms with Crippen LogP contribution in [0.5, 0.6) is 0 Å². The third-order valence-electron chi connectivity index (χ3n) is 4.28. The molecule has 0 aliphatic carbocycles. The van der Waals surface area contributed by atoms with Gasteiger partial charge in [-0.05, 0) is 43.2 Å². The first kappa shape index (κ1) is 14.2. The number of ketones is 2. The lowest BCUT2D eigenvalue weighted by molar-refractivity contribution is 0.101. The van der Waals surface area contributed by atoms with E-state index in [9.17, 15) is 9.59 Å². The van der Waals surface area contributed by atoms with Crippen LogP contribution in [0.4, 0.5) is 0 Å². The van der Waals surface area contributed by atoms with E-state index in [-0.39, 0.29) is 11.6 Å². The van der Waals surface area contributed by atoms with Crippen LogP contribution in [0.15, 0.2) is 58.3 Å². The summed E-state index contributed by atoms with van der Waals surface area (Å²) in [4.78, 5) is 26.5. The average molecular weight is 318 g/mol. The van der Waals surface area contributed by atoms with Crippen LogP contribution in [-0.4, -0.2) is 11.6 Å². The maximum Gasteiger partial charge on any atom is 0.160 e. The molecule has 112 valence electrons. The molecule has 0 unspecified atom stereocenters. The lowest BCUT2D eigenvalue weighted by Crippen LogP contribution is -2.04. The van der Waals surface area contributed by atoms with Crippen molar-refractivity contribution in [2.24, 2.45) is 0 Å². The quantitative estimate of drug-likeness (QED) is 0.466. The number of benzene rings is 3. The zero-order chi connectivity index (χ0) is 16.1. The summed E-state index contributed by atoms with van der Waals surface area (Å²) in [5, 5.41) is 1.82. The number of hydrogen-bond acceptors (Lipinski definition) is 3. The van der Waals surface area contributed by atoms with Gasteiger partial charge in [-0.1, -0.05) is 42.1 Å². The minimum absolute atomic E-state index is 0.0138. The third-order valence-corrected chi connectivity index (χ3v) is 5.41. The first-order chi connectivity index (χ1) is 11.1. The van der Waals surface area contributed by atoms with Crippen LogP contribution >= 0.6 is 11.8 Å². The minimum atomic E-state index is -0.0138. The van der Waals surface area contributed by atoms with Crippen LogP contribution in [0.25, 0.3) is 21.9 Å². The standard InChI is InChI=1S/C20H14O2S/c1-11(21)13-7-8-16-15-5-3-4-6-17(15)23-18-10-9-14(12(2)22)19(13)20(16)18/h3-10H,1-2H3. The van der Waals surface area contributed by atoms with Crippen LogP contribution in [0.1, 0.15) is 34.6 Å². The van der Waals surface area contributed by atoms with Crippen LogP contribution < -0.4 is 0 Å². The van der Waals surface area contributed by atoms with Crippen LogP contribution in [0.2, 0.25) is 0 Å². The molecule has 0 saturated heterocycles. The first-order valence-electron chi connectivity index (χ1n) is 7.47. The number of Topliss-reactive ketones (excluding diaryl/α,β-unsaturated/α-hetero) is 2. The Hall–Kier alpha value is -2.39. The van der Waals surface area contributed by atoms with Gasteiger partial charge in [0.05, 0.1) is 0 Å². The van der Waals surface area contributed by atoms with Crippen molar-refractivity contribution in [2.45, 2.75) is 23.6 Å². The Bertz CT molecular complexity index is 982. The van der Waals surface area contributed by atoms with Crippen molar-refractivity contribution in [1.29, 1.82) is 0 Å². The molecule has 1 heterocycles. The van der Waals surface area contributed by atoms with E-state index >= 15 is 0 Å². The Labute approximate surface area is 138 Å². The van der Waals surface area contributed by atoms with Gasteiger partial charge in [-0.15, -0.1) is 0 Å². The second-order valence-electron chi connectivity index (χ2n) is 5.73. The molecule has 1 aliphatic rings. The van der Waals surface area contributed by atoms with Crippen LogP contribution in [0.3, 0.4) is 0 Å². The molecule has 2 nitrogen and oxygen atoms in total. The van der Waals surface area contributed by atoms with Crippen LogP contribution in [-0.2, 0) is 0 Å². The van der Waals surface area contributed by atoms with Crippen molar-refractivity contribution in [3.8, 4) is 11.1 Å². The fraction of sp³-hybridized carbons (Fsp3) is 0.100. The minimum Gasteiger partial charge on any atom is -0.294 e. The average Bonchev–Trinajstić information content (AvgIpc) is 2.54. The zero-order valence-corrected chi connectivity index (χ0v) is 13.7. The SMILES string of the molecule is CC(=O)c1ccc2c3c(ccc(C(C)=O)c13)-c1ccccc1S2. The highest BCUT2D eigenvalue weighted by molar-refractivity contribution is 7.99. The highest BCUT2D eigenvalue weighted by atomic mass is 32.2. The van der Waals surface area contributed by atoms with E-state index in [4.69, 9.17) is 0 Å². The molecule has 3 aromatic rings. The summed E-state index contributed by atoms with van der Waals surface area (Å²) in [5.41, 5.74) is 3.50. The van der Waals surface area contributed by atoms with Crippen molar-refractivity contribution in [3.63, 3.8) is 0 Å². The second kappa shape index (κ2) is 5.07. The van der Waals surface area contributed by atoms with Gasteiger partial charge in [-0.2, -0.15) is 0 Å². The van der Waals surface area contributed by atoms with Gasteiger partial charge in [-0.3, -0.25) is 9.59 Å². The van der Waals surface area contributed by atoms with Crippen molar-refractivity contribution < 1.29 is 9.59 Å². The summed E-state index contributed by atoms with van der Waals surface area (Å²) < 4.78 is 0. The number of rotatable bonds is 2. The van der Waals surface area contributed by atoms with Gasteiger partial charge in [0.1, 0.15) is 0 Å². The summed E-state index contributed by atoms with van der Waals surface area (Å²) in [7, 11) is 0. The fourth-order valence-corrected chi connectivity index (χ4v) is 4.38. The number of hydrogen-bond donors (Lipinski definition) is 0. The van der Waals surface area contributed by atoms with E-state index in [0.29, 0.717) is 11.1 Å². The Morgan fingerprint density at radius 1 is 0.696 bits per heavy atom. The van der Waals surface area contributed by atoms with E-state index in [2.05, 4.69) is 12.1 Å². The molecular formula is C20H14O2S. The highest BCUT2D eigenvalue weighted by Crippen LogP contribution is 2.49. The maximum atomic E-state index is 12.1. The zero-order valence-electron chi connectivity index (χ0n) is 12.8. The van der Waals surface area contributed by atoms with Gasteiger partial charge in [0.15, 0.2) is 11.6 Å². The van der Waals surface area contributed by atoms with Crippen LogP contribution in [0, 0.1) is 0 Å². The summed E-state index contributed by atoms with van der Waals surface area (Å²) in [5.74, 6) is -0.0277. The van der Waals surface area contributed by atoms with Gasteiger partial charge in [0.2, 0.25) is 0 Å². The summed E-state index contributed by atoms with van der Waals surface area (Å²) in [6.07, 6.45) is 0. The van der Waals surface area contributed by atoms with Crippen molar-refractivity contribution in [2.75, 3.05) is 0 Å². The van der Waals surface area contributed by atoms with Gasteiger partial charge in [0.25, 0.3) is 0 Å². The molecular weight excluding hydrogens is 304 g/mol. The largest absolute Gasteiger partial charge is 0.294 e. The summed E-state index contributed by atoms with van der Waals surface area (Å²) >= 11 is 1.69. The molecule has 3 aromatic carbocycles. The normalized spacial score (nSPS) is 12.1. The smallest absolute Gasteiger partial charge is 0.160 e. The summed E-state index contributed by atoms with van der Waals surface area (Å²) in [6, 6.07) is 15.9. The highest BCUT2D eigenvalue weighted by Gasteiger charge is 2.23. The molecule has 1 aliphatic heterocycles. The van der Waals surface area contributed by atoms with E-state index in [0.717, 1.165) is 26.8 Å². The second-order valence-corrected chi connectivity index (χ2v) is 6.82. The molecule has 0 bridgehead atoms. The molecule has 0 amide bonds. The molecule has 0 spiro atoms. The lowest BCUT2D eigenvalue weighted by atomic mass is 9.89. The molecule has 0 radical (unpaired) electrons. The fourth-order valence-electron chi connectivity index (χ4n) is 3.26. The molecule has 0 saturated carbocycles. The predicted molar refractivity (Wildman–Crippen MR) is 93.5 cm³/mol. The van der Waals surface area contributed by atoms with Gasteiger partial charge < -0.3 is 0 Å². The van der Waals surface area contributed by atoms with Gasteiger partial charge >= 0.3 is 0 Å². The Balaban J connectivity index is 2.22. The topological polar surface area (TPSA) is 34.1 Å². The Morgan fingerprint density at radius 3 is 2.04 bits per heavy atom. The number of carbonyl (C=O) groups excluding carboxylic acids is 2. The molecule has 0 N–H and O–H groups in total. The monoisotopic (exact) mass is 318 g/mol. The maximum absolute atomic E-state index is 12.1. The molecule has 0 atom stereocenters. The van der Waals surface area contributed by atoms with Gasteiger partial charge in [-0.25, -0.2) is 0 Å². The molecule has 0 fully saturated rings. The first-order valence-corrected chi connectivity index (χ1v) is 8.28. The third kappa shape index (κ3) is 2.04. The van der Waals surface area contributed by atoms with E-state index in [1.54, 1.807) is 25.6 Å². The van der Waals surface area contributed by atoms with Crippen molar-refractivity contribution in [3.05, 3.63) is 59.7 Å². The number of fused-ring (bicyclic) bond motifs is 2. The Kier molecular flexibility index (Phi) is 3.13. The number of carbonyl (C=O) groups is 2. The molecule has 0 aromatic heterocycles. The Morgan fingerprint density at radius 2 is 1.35 bits per heavy atom. The molecule has 4 rings (SSSR count). The molecule has 23 heavy (non-hydrogen) atoms. The van der Waals surface area contributed by atoms with Gasteiger partial charge in [0, 0.05) is 31.7 Å². The van der Waals surface area contributed by atoms with E-state index in [1.165, 1.54) is 4.90 Å². The van der Waals surface area contributed by atoms with Crippen molar-refractivity contribution >= 4 is 34.1 Å². The van der Waals surface area contributed by atoms with E-state index < -0.39 is 0 Å².